The van der Waals surface area contributed by atoms with Crippen LogP contribution >= 0.6 is 0 Å². The molecule has 3 aromatic rings. The van der Waals surface area contributed by atoms with E-state index in [1.807, 2.05) is 6.07 Å². The van der Waals surface area contributed by atoms with Crippen molar-refractivity contribution in [3.63, 3.8) is 0 Å². The van der Waals surface area contributed by atoms with Crippen LogP contribution in [0, 0.1) is 0 Å². The summed E-state index contributed by atoms with van der Waals surface area (Å²) < 4.78 is 0. The number of para-hydroxylation sites is 1. The van der Waals surface area contributed by atoms with Crippen LogP contribution in [-0.4, -0.2) is 46.7 Å². The van der Waals surface area contributed by atoms with Gasteiger partial charge in [-0.2, -0.15) is 10.0 Å². The normalized spacial score (nSPS) is 12.4. The van der Waals surface area contributed by atoms with E-state index in [0.29, 0.717) is 6.54 Å². The summed E-state index contributed by atoms with van der Waals surface area (Å²) >= 11 is 0. The van der Waals surface area contributed by atoms with E-state index in [1.165, 1.54) is 51.4 Å². The topological polar surface area (TPSA) is 127 Å². The van der Waals surface area contributed by atoms with E-state index in [4.69, 9.17) is 0 Å². The molecule has 2 heterocycles. The molecule has 0 spiro atoms. The van der Waals surface area contributed by atoms with Gasteiger partial charge in [0, 0.05) is 5.69 Å². The molecular formula is C28H45N9O. The second-order valence-electron chi connectivity index (χ2n) is 10.7. The Balaban J connectivity index is 1.63. The lowest BCUT2D eigenvalue weighted by Gasteiger charge is -2.21. The van der Waals surface area contributed by atoms with E-state index in [2.05, 4.69) is 88.1 Å². The SMILES string of the molecule is CCCCCCCCCCCCn1nnc([C@H](C(=O)Nc2c(C(C)C)cccc2C(C)C)c2nn[nH]n2)n1. The number of amides is 1. The van der Waals surface area contributed by atoms with Gasteiger partial charge in [-0.15, -0.1) is 20.4 Å². The number of H-pyrrole nitrogens is 1. The van der Waals surface area contributed by atoms with Crippen LogP contribution in [-0.2, 0) is 11.3 Å². The van der Waals surface area contributed by atoms with Crippen LogP contribution in [0.15, 0.2) is 18.2 Å². The van der Waals surface area contributed by atoms with E-state index in [1.54, 1.807) is 4.80 Å². The molecular weight excluding hydrogens is 478 g/mol. The average molecular weight is 524 g/mol. The number of benzene rings is 1. The predicted molar refractivity (Wildman–Crippen MR) is 149 cm³/mol. The van der Waals surface area contributed by atoms with E-state index in [-0.39, 0.29) is 29.4 Å². The van der Waals surface area contributed by atoms with Gasteiger partial charge in [-0.25, -0.2) is 0 Å². The summed E-state index contributed by atoms with van der Waals surface area (Å²) in [4.78, 5) is 15.2. The molecule has 0 aliphatic carbocycles. The monoisotopic (exact) mass is 523 g/mol. The summed E-state index contributed by atoms with van der Waals surface area (Å²) in [6.45, 7) is 11.4. The van der Waals surface area contributed by atoms with E-state index >= 15 is 0 Å². The largest absolute Gasteiger partial charge is 0.325 e. The number of carbonyl (C=O) groups is 1. The van der Waals surface area contributed by atoms with Crippen LogP contribution in [0.1, 0.15) is 139 Å². The van der Waals surface area contributed by atoms with Crippen LogP contribution in [0.3, 0.4) is 0 Å². The lowest BCUT2D eigenvalue weighted by molar-refractivity contribution is -0.117. The van der Waals surface area contributed by atoms with Crippen molar-refractivity contribution in [1.29, 1.82) is 0 Å². The number of tetrazole rings is 2. The average Bonchev–Trinajstić information content (AvgIpc) is 3.58. The van der Waals surface area contributed by atoms with Gasteiger partial charge in [0.1, 0.15) is 0 Å². The van der Waals surface area contributed by atoms with Gasteiger partial charge in [0.05, 0.1) is 6.54 Å². The zero-order valence-electron chi connectivity index (χ0n) is 23.8. The molecule has 0 saturated heterocycles. The lowest BCUT2D eigenvalue weighted by Crippen LogP contribution is -2.26. The predicted octanol–water partition coefficient (Wildman–Crippen LogP) is 6.12. The first-order valence-electron chi connectivity index (χ1n) is 14.4. The Morgan fingerprint density at radius 3 is 2.03 bits per heavy atom. The van der Waals surface area contributed by atoms with Crippen LogP contribution < -0.4 is 5.32 Å². The summed E-state index contributed by atoms with van der Waals surface area (Å²) in [7, 11) is 0. The molecule has 10 nitrogen and oxygen atoms in total. The highest BCUT2D eigenvalue weighted by molar-refractivity contribution is 5.98. The third kappa shape index (κ3) is 8.43. The van der Waals surface area contributed by atoms with Crippen molar-refractivity contribution in [2.75, 3.05) is 5.32 Å². The van der Waals surface area contributed by atoms with E-state index in [9.17, 15) is 4.79 Å². The van der Waals surface area contributed by atoms with Gasteiger partial charge < -0.3 is 5.32 Å². The smallest absolute Gasteiger partial charge is 0.243 e. The fraction of sp³-hybridized carbons (Fsp3) is 0.679. The zero-order chi connectivity index (χ0) is 27.3. The number of nitrogens with one attached hydrogen (secondary N) is 2. The number of carbonyl (C=O) groups excluding carboxylic acids is 1. The van der Waals surface area contributed by atoms with Crippen molar-refractivity contribution in [1.82, 2.24) is 40.8 Å². The molecule has 3 rings (SSSR count). The Hall–Kier alpha value is -3.17. The molecule has 0 unspecified atom stereocenters. The molecule has 0 aliphatic heterocycles. The fourth-order valence-electron chi connectivity index (χ4n) is 4.74. The van der Waals surface area contributed by atoms with Gasteiger partial charge in [-0.1, -0.05) is 116 Å². The number of anilines is 1. The summed E-state index contributed by atoms with van der Waals surface area (Å²) in [5.41, 5.74) is 2.98. The van der Waals surface area contributed by atoms with Gasteiger partial charge in [0.25, 0.3) is 0 Å². The highest BCUT2D eigenvalue weighted by Crippen LogP contribution is 2.33. The maximum atomic E-state index is 13.7. The molecule has 0 radical (unpaired) electrons. The van der Waals surface area contributed by atoms with Crippen LogP contribution in [0.4, 0.5) is 5.69 Å². The highest BCUT2D eigenvalue weighted by Gasteiger charge is 2.32. The Bertz CT molecular complexity index is 1070. The minimum atomic E-state index is -0.921. The van der Waals surface area contributed by atoms with E-state index < -0.39 is 5.92 Å². The van der Waals surface area contributed by atoms with Crippen molar-refractivity contribution in [3.8, 4) is 0 Å². The first-order valence-corrected chi connectivity index (χ1v) is 14.4. The summed E-state index contributed by atoms with van der Waals surface area (Å²) in [5, 5.41) is 30.4. The molecule has 1 aromatic carbocycles. The quantitative estimate of drug-likeness (QED) is 0.204. The Morgan fingerprint density at radius 1 is 0.868 bits per heavy atom. The molecule has 38 heavy (non-hydrogen) atoms. The van der Waals surface area contributed by atoms with Gasteiger partial charge in [0.15, 0.2) is 17.6 Å². The molecule has 1 amide bonds. The Morgan fingerprint density at radius 2 is 1.47 bits per heavy atom. The summed E-state index contributed by atoms with van der Waals surface area (Å²) in [6.07, 6.45) is 12.6. The minimum Gasteiger partial charge on any atom is -0.325 e. The van der Waals surface area contributed by atoms with Crippen LogP contribution in [0.2, 0.25) is 0 Å². The summed E-state index contributed by atoms with van der Waals surface area (Å²) in [6, 6.07) is 6.14. The molecule has 2 aromatic heterocycles. The number of hydrogen-bond donors (Lipinski definition) is 2. The number of rotatable bonds is 17. The second kappa shape index (κ2) is 15.3. The van der Waals surface area contributed by atoms with Gasteiger partial charge in [-0.3, -0.25) is 4.79 Å². The maximum absolute atomic E-state index is 13.7. The van der Waals surface area contributed by atoms with Crippen LogP contribution in [0.25, 0.3) is 0 Å². The van der Waals surface area contributed by atoms with Crippen molar-refractivity contribution >= 4 is 11.6 Å². The molecule has 0 fully saturated rings. The molecule has 0 bridgehead atoms. The molecule has 10 heteroatoms. The first-order chi connectivity index (χ1) is 18.4. The standard InChI is InChI=1S/C28H45N9O/c1-6-7-8-9-10-11-12-13-14-15-19-37-33-27(32-36-37)24(26-30-34-35-31-26)28(38)29-25-22(20(2)3)17-16-18-23(25)21(4)5/h16-18,20-21,24H,6-15,19H2,1-5H3,(H,29,38)(H,30,31,34,35)/t24-/m1/s1. The molecule has 2 N–H and O–H groups in total. The number of nitrogens with zero attached hydrogens (tertiary/aromatic N) is 7. The van der Waals surface area contributed by atoms with Crippen LogP contribution in [0.5, 0.6) is 0 Å². The van der Waals surface area contributed by atoms with E-state index in [0.717, 1.165) is 29.7 Å². The molecule has 0 saturated carbocycles. The van der Waals surface area contributed by atoms with Crippen molar-refractivity contribution in [2.45, 2.75) is 123 Å². The molecule has 1 atom stereocenters. The fourth-order valence-corrected chi connectivity index (χ4v) is 4.74. The third-order valence-electron chi connectivity index (χ3n) is 6.94. The number of unbranched alkanes of at least 4 members (excludes halogenated alkanes) is 9. The Kier molecular flexibility index (Phi) is 11.8. The number of aromatic amines is 1. The molecule has 208 valence electrons. The zero-order valence-corrected chi connectivity index (χ0v) is 23.8. The third-order valence-corrected chi connectivity index (χ3v) is 6.94. The first kappa shape index (κ1) is 29.4. The highest BCUT2D eigenvalue weighted by atomic mass is 16.2. The van der Waals surface area contributed by atoms with Crippen molar-refractivity contribution in [3.05, 3.63) is 41.0 Å². The van der Waals surface area contributed by atoms with Gasteiger partial charge in [0.2, 0.25) is 5.91 Å². The Labute approximate surface area is 226 Å². The lowest BCUT2D eigenvalue weighted by atomic mass is 9.92. The minimum absolute atomic E-state index is 0.217. The molecule has 0 aliphatic rings. The van der Waals surface area contributed by atoms with Crippen molar-refractivity contribution < 1.29 is 4.79 Å². The number of hydrogen-bond acceptors (Lipinski definition) is 7. The number of aromatic nitrogens is 8. The number of aryl methyl sites for hydroxylation is 1. The van der Waals surface area contributed by atoms with Gasteiger partial charge >= 0.3 is 0 Å². The second-order valence-corrected chi connectivity index (χ2v) is 10.7. The van der Waals surface area contributed by atoms with Crippen molar-refractivity contribution in [2.24, 2.45) is 0 Å². The maximum Gasteiger partial charge on any atom is 0.243 e. The summed E-state index contributed by atoms with van der Waals surface area (Å²) in [5.74, 6) is -0.256. The van der Waals surface area contributed by atoms with Gasteiger partial charge in [-0.05, 0) is 34.6 Å².